The molecule has 1 aliphatic rings. The molecule has 1 aromatic rings. The molecule has 0 aromatic carbocycles. The summed E-state index contributed by atoms with van der Waals surface area (Å²) in [6, 6.07) is 3.30. The molecule has 1 fully saturated rings. The molecule has 1 aliphatic heterocycles. The van der Waals surface area contributed by atoms with Crippen LogP contribution in [0.1, 0.15) is 23.7 Å². The molecule has 4 nitrogen and oxygen atoms in total. The molecule has 0 N–H and O–H groups in total. The molecule has 2 heterocycles. The first kappa shape index (κ1) is 16.7. The molecule has 7 heteroatoms. The second-order valence-corrected chi connectivity index (χ2v) is 5.58. The van der Waals surface area contributed by atoms with Gasteiger partial charge in [-0.25, -0.2) is 0 Å². The highest BCUT2D eigenvalue weighted by Gasteiger charge is 2.33. The first-order valence-electron chi connectivity index (χ1n) is 7.37. The molecule has 0 spiro atoms. The van der Waals surface area contributed by atoms with E-state index in [0.29, 0.717) is 31.7 Å². The number of rotatable bonds is 5. The monoisotopic (exact) mass is 315 g/mol. The summed E-state index contributed by atoms with van der Waals surface area (Å²) >= 11 is 0. The molecular weight excluding hydrogens is 295 g/mol. The van der Waals surface area contributed by atoms with Crippen molar-refractivity contribution in [2.45, 2.75) is 19.5 Å². The van der Waals surface area contributed by atoms with Crippen molar-refractivity contribution in [3.63, 3.8) is 0 Å². The number of aromatic nitrogens is 1. The van der Waals surface area contributed by atoms with E-state index in [9.17, 15) is 18.0 Å². The van der Waals surface area contributed by atoms with Crippen molar-refractivity contribution in [3.05, 3.63) is 30.1 Å². The van der Waals surface area contributed by atoms with E-state index in [4.69, 9.17) is 0 Å². The Morgan fingerprint density at radius 2 is 2.09 bits per heavy atom. The Labute approximate surface area is 127 Å². The van der Waals surface area contributed by atoms with Crippen LogP contribution in [0.3, 0.4) is 0 Å². The van der Waals surface area contributed by atoms with Crippen LogP contribution in [0.15, 0.2) is 24.5 Å². The number of carbonyl (C=O) groups excluding carboxylic acids is 1. The van der Waals surface area contributed by atoms with Crippen LogP contribution in [0.4, 0.5) is 13.2 Å². The van der Waals surface area contributed by atoms with Gasteiger partial charge in [-0.05, 0) is 31.0 Å². The number of hydrogen-bond donors (Lipinski definition) is 0. The van der Waals surface area contributed by atoms with Crippen LogP contribution in [-0.4, -0.2) is 59.6 Å². The first-order valence-corrected chi connectivity index (χ1v) is 7.37. The molecule has 0 saturated carbocycles. The van der Waals surface area contributed by atoms with E-state index < -0.39 is 12.7 Å². The highest BCUT2D eigenvalue weighted by molar-refractivity contribution is 5.94. The molecule has 1 aromatic heterocycles. The number of hydrogen-bond acceptors (Lipinski definition) is 3. The largest absolute Gasteiger partial charge is 0.401 e. The second kappa shape index (κ2) is 7.09. The maximum atomic E-state index is 12.5. The summed E-state index contributed by atoms with van der Waals surface area (Å²) in [7, 11) is 0. The molecule has 1 saturated heterocycles. The van der Waals surface area contributed by atoms with Crippen molar-refractivity contribution in [2.75, 3.05) is 32.7 Å². The summed E-state index contributed by atoms with van der Waals surface area (Å²) in [6.07, 6.45) is -0.321. The number of alkyl halides is 3. The van der Waals surface area contributed by atoms with Gasteiger partial charge in [-0.3, -0.25) is 14.7 Å². The minimum absolute atomic E-state index is 0.0798. The molecule has 0 radical (unpaired) electrons. The van der Waals surface area contributed by atoms with E-state index >= 15 is 0 Å². The van der Waals surface area contributed by atoms with Crippen LogP contribution < -0.4 is 0 Å². The maximum Gasteiger partial charge on any atom is 0.401 e. The van der Waals surface area contributed by atoms with E-state index in [0.717, 1.165) is 6.42 Å². The molecule has 1 amide bonds. The molecule has 2 rings (SSSR count). The van der Waals surface area contributed by atoms with Crippen LogP contribution in [0, 0.1) is 5.92 Å². The zero-order valence-corrected chi connectivity index (χ0v) is 12.5. The first-order chi connectivity index (χ1) is 10.4. The van der Waals surface area contributed by atoms with Gasteiger partial charge < -0.3 is 4.90 Å². The number of pyridine rings is 1. The fourth-order valence-corrected chi connectivity index (χ4v) is 2.77. The minimum atomic E-state index is -4.18. The average Bonchev–Trinajstić information content (AvgIpc) is 2.93. The predicted octanol–water partition coefficient (Wildman–Crippen LogP) is 2.43. The molecule has 22 heavy (non-hydrogen) atoms. The summed E-state index contributed by atoms with van der Waals surface area (Å²) in [6.45, 7) is 2.66. The molecule has 0 unspecified atom stereocenters. The Bertz CT molecular complexity index is 493. The third-order valence-corrected chi connectivity index (χ3v) is 3.87. The predicted molar refractivity (Wildman–Crippen MR) is 76.4 cm³/mol. The van der Waals surface area contributed by atoms with Gasteiger partial charge in [0, 0.05) is 37.6 Å². The van der Waals surface area contributed by atoms with Crippen molar-refractivity contribution in [3.8, 4) is 0 Å². The van der Waals surface area contributed by atoms with Gasteiger partial charge in [0.05, 0.1) is 6.54 Å². The Balaban J connectivity index is 1.88. The third kappa shape index (κ3) is 4.69. The molecule has 0 bridgehead atoms. The van der Waals surface area contributed by atoms with E-state index in [2.05, 4.69) is 4.98 Å². The van der Waals surface area contributed by atoms with Gasteiger partial charge in [0.1, 0.15) is 0 Å². The highest BCUT2D eigenvalue weighted by Crippen LogP contribution is 2.22. The van der Waals surface area contributed by atoms with Gasteiger partial charge in [0.2, 0.25) is 0 Å². The van der Waals surface area contributed by atoms with Gasteiger partial charge in [0.15, 0.2) is 0 Å². The van der Waals surface area contributed by atoms with Crippen LogP contribution in [0.5, 0.6) is 0 Å². The number of likely N-dealkylation sites (tertiary alicyclic amines) is 1. The standard InChI is InChI=1S/C15H20F3N3O/c1-2-20(11-15(16,17)18)9-12-5-8-21(10-12)14(22)13-3-6-19-7-4-13/h3-4,6-7,12H,2,5,8-11H2,1H3/t12-/m1/s1. The van der Waals surface area contributed by atoms with Gasteiger partial charge in [-0.2, -0.15) is 13.2 Å². The molecule has 0 aliphatic carbocycles. The lowest BCUT2D eigenvalue weighted by Gasteiger charge is -2.25. The fourth-order valence-electron chi connectivity index (χ4n) is 2.77. The minimum Gasteiger partial charge on any atom is -0.338 e. The van der Waals surface area contributed by atoms with E-state index in [1.165, 1.54) is 4.90 Å². The highest BCUT2D eigenvalue weighted by atomic mass is 19.4. The number of halogens is 3. The zero-order chi connectivity index (χ0) is 16.2. The lowest BCUT2D eigenvalue weighted by atomic mass is 10.1. The normalized spacial score (nSPS) is 19.0. The Morgan fingerprint density at radius 1 is 1.41 bits per heavy atom. The summed E-state index contributed by atoms with van der Waals surface area (Å²) in [5, 5.41) is 0. The van der Waals surface area contributed by atoms with Gasteiger partial charge in [-0.1, -0.05) is 6.92 Å². The zero-order valence-electron chi connectivity index (χ0n) is 12.5. The van der Waals surface area contributed by atoms with Crippen molar-refractivity contribution in [1.29, 1.82) is 0 Å². The number of amides is 1. The quantitative estimate of drug-likeness (QED) is 0.837. The summed E-state index contributed by atoms with van der Waals surface area (Å²) in [5.41, 5.74) is 0.568. The van der Waals surface area contributed by atoms with Crippen LogP contribution in [0.2, 0.25) is 0 Å². The fraction of sp³-hybridized carbons (Fsp3) is 0.600. The summed E-state index contributed by atoms with van der Waals surface area (Å²) in [5.74, 6) is 0.0110. The maximum absolute atomic E-state index is 12.5. The summed E-state index contributed by atoms with van der Waals surface area (Å²) in [4.78, 5) is 19.3. The van der Waals surface area contributed by atoms with Crippen molar-refractivity contribution in [1.82, 2.24) is 14.8 Å². The Morgan fingerprint density at radius 3 is 2.68 bits per heavy atom. The van der Waals surface area contributed by atoms with Crippen molar-refractivity contribution < 1.29 is 18.0 Å². The Kier molecular flexibility index (Phi) is 5.39. The van der Waals surface area contributed by atoms with Gasteiger partial charge in [-0.15, -0.1) is 0 Å². The van der Waals surface area contributed by atoms with Crippen LogP contribution >= 0.6 is 0 Å². The SMILES string of the molecule is CCN(C[C@H]1CCN(C(=O)c2ccncc2)C1)CC(F)(F)F. The third-order valence-electron chi connectivity index (χ3n) is 3.87. The molecular formula is C15H20F3N3O. The van der Waals surface area contributed by atoms with Crippen molar-refractivity contribution in [2.24, 2.45) is 5.92 Å². The van der Waals surface area contributed by atoms with E-state index in [1.54, 1.807) is 36.4 Å². The summed E-state index contributed by atoms with van der Waals surface area (Å²) < 4.78 is 37.4. The lowest BCUT2D eigenvalue weighted by molar-refractivity contribution is -0.146. The van der Waals surface area contributed by atoms with Crippen LogP contribution in [0.25, 0.3) is 0 Å². The van der Waals surface area contributed by atoms with E-state index in [1.807, 2.05) is 0 Å². The van der Waals surface area contributed by atoms with Gasteiger partial charge in [0.25, 0.3) is 5.91 Å². The van der Waals surface area contributed by atoms with Crippen molar-refractivity contribution >= 4 is 5.91 Å². The Hall–Kier alpha value is -1.63. The average molecular weight is 315 g/mol. The second-order valence-electron chi connectivity index (χ2n) is 5.58. The van der Waals surface area contributed by atoms with Gasteiger partial charge >= 0.3 is 6.18 Å². The number of carbonyl (C=O) groups is 1. The molecule has 1 atom stereocenters. The molecule has 122 valence electrons. The topological polar surface area (TPSA) is 36.4 Å². The van der Waals surface area contributed by atoms with E-state index in [-0.39, 0.29) is 11.8 Å². The van der Waals surface area contributed by atoms with Crippen LogP contribution in [-0.2, 0) is 0 Å². The number of nitrogens with zero attached hydrogens (tertiary/aromatic N) is 3. The smallest absolute Gasteiger partial charge is 0.338 e. The lowest BCUT2D eigenvalue weighted by Crippen LogP contribution is -2.38.